The zero-order valence-electron chi connectivity index (χ0n) is 11.1. The Kier molecular flexibility index (Phi) is 3.57. The summed E-state index contributed by atoms with van der Waals surface area (Å²) in [5.74, 6) is 1.59. The van der Waals surface area contributed by atoms with Gasteiger partial charge in [0.05, 0.1) is 5.69 Å². The maximum absolute atomic E-state index is 5.76. The summed E-state index contributed by atoms with van der Waals surface area (Å²) < 4.78 is 5.76. The minimum atomic E-state index is 0.685. The standard InChI is InChI=1S/C14H18N4O/c1-11-13(10-18-8-6-16-7-9-18)17-14(19-11)12-2-4-15-5-3-12/h2-5,16H,6-10H2,1H3. The van der Waals surface area contributed by atoms with Gasteiger partial charge in [-0.2, -0.15) is 0 Å². The molecule has 100 valence electrons. The van der Waals surface area contributed by atoms with E-state index in [-0.39, 0.29) is 0 Å². The molecule has 1 aliphatic rings. The van der Waals surface area contributed by atoms with E-state index in [4.69, 9.17) is 4.42 Å². The first-order valence-electron chi connectivity index (χ1n) is 6.63. The van der Waals surface area contributed by atoms with E-state index in [0.717, 1.165) is 49.7 Å². The summed E-state index contributed by atoms with van der Waals surface area (Å²) >= 11 is 0. The van der Waals surface area contributed by atoms with Crippen LogP contribution in [0.5, 0.6) is 0 Å². The number of nitrogens with zero attached hydrogens (tertiary/aromatic N) is 3. The van der Waals surface area contributed by atoms with Crippen molar-refractivity contribution >= 4 is 0 Å². The van der Waals surface area contributed by atoms with Gasteiger partial charge < -0.3 is 9.73 Å². The van der Waals surface area contributed by atoms with Gasteiger partial charge in [0, 0.05) is 50.7 Å². The third-order valence-electron chi connectivity index (χ3n) is 3.40. The van der Waals surface area contributed by atoms with Crippen molar-refractivity contribution in [1.29, 1.82) is 0 Å². The van der Waals surface area contributed by atoms with Crippen LogP contribution in [-0.2, 0) is 6.54 Å². The van der Waals surface area contributed by atoms with Gasteiger partial charge in [0.1, 0.15) is 5.76 Å². The molecule has 1 N–H and O–H groups in total. The van der Waals surface area contributed by atoms with Crippen LogP contribution in [0.2, 0.25) is 0 Å². The minimum absolute atomic E-state index is 0.685. The van der Waals surface area contributed by atoms with E-state index < -0.39 is 0 Å². The molecular formula is C14H18N4O. The summed E-state index contributed by atoms with van der Waals surface area (Å²) in [5.41, 5.74) is 2.01. The molecule has 0 unspecified atom stereocenters. The normalized spacial score (nSPS) is 16.7. The molecule has 1 fully saturated rings. The van der Waals surface area contributed by atoms with E-state index in [9.17, 15) is 0 Å². The number of hydrogen-bond donors (Lipinski definition) is 1. The number of aromatic nitrogens is 2. The molecule has 3 rings (SSSR count). The van der Waals surface area contributed by atoms with Crippen LogP contribution >= 0.6 is 0 Å². The van der Waals surface area contributed by atoms with Gasteiger partial charge in [0.25, 0.3) is 0 Å². The lowest BCUT2D eigenvalue weighted by Gasteiger charge is -2.26. The molecule has 1 saturated heterocycles. The van der Waals surface area contributed by atoms with Crippen molar-refractivity contribution in [1.82, 2.24) is 20.2 Å². The summed E-state index contributed by atoms with van der Waals surface area (Å²) in [6.07, 6.45) is 3.51. The van der Waals surface area contributed by atoms with Gasteiger partial charge in [0.15, 0.2) is 0 Å². The van der Waals surface area contributed by atoms with Crippen molar-refractivity contribution in [3.05, 3.63) is 36.0 Å². The maximum atomic E-state index is 5.76. The second-order valence-electron chi connectivity index (χ2n) is 4.78. The molecule has 2 aromatic heterocycles. The average Bonchev–Trinajstić information content (AvgIpc) is 2.82. The Labute approximate surface area is 112 Å². The van der Waals surface area contributed by atoms with Gasteiger partial charge in [-0.15, -0.1) is 0 Å². The third-order valence-corrected chi connectivity index (χ3v) is 3.40. The van der Waals surface area contributed by atoms with Crippen molar-refractivity contribution in [3.63, 3.8) is 0 Å². The number of pyridine rings is 1. The lowest BCUT2D eigenvalue weighted by Crippen LogP contribution is -2.43. The van der Waals surface area contributed by atoms with E-state index in [1.807, 2.05) is 19.1 Å². The quantitative estimate of drug-likeness (QED) is 0.903. The maximum Gasteiger partial charge on any atom is 0.226 e. The minimum Gasteiger partial charge on any atom is -0.441 e. The van der Waals surface area contributed by atoms with E-state index in [2.05, 4.69) is 20.2 Å². The highest BCUT2D eigenvalue weighted by atomic mass is 16.4. The molecule has 1 aliphatic heterocycles. The van der Waals surface area contributed by atoms with Crippen LogP contribution < -0.4 is 5.32 Å². The number of piperazine rings is 1. The number of rotatable bonds is 3. The Morgan fingerprint density at radius 1 is 1.26 bits per heavy atom. The first-order chi connectivity index (χ1) is 9.33. The molecule has 0 radical (unpaired) electrons. The summed E-state index contributed by atoms with van der Waals surface area (Å²) in [4.78, 5) is 11.0. The van der Waals surface area contributed by atoms with Crippen LogP contribution in [0.15, 0.2) is 28.9 Å². The Hall–Kier alpha value is -1.72. The fourth-order valence-corrected chi connectivity index (χ4v) is 2.27. The zero-order chi connectivity index (χ0) is 13.1. The van der Waals surface area contributed by atoms with Crippen LogP contribution in [0.4, 0.5) is 0 Å². The van der Waals surface area contributed by atoms with Crippen molar-refractivity contribution < 1.29 is 4.42 Å². The van der Waals surface area contributed by atoms with Crippen LogP contribution in [0, 0.1) is 6.92 Å². The van der Waals surface area contributed by atoms with Gasteiger partial charge in [-0.25, -0.2) is 4.98 Å². The molecule has 0 atom stereocenters. The molecule has 0 aromatic carbocycles. The van der Waals surface area contributed by atoms with Gasteiger partial charge in [-0.1, -0.05) is 0 Å². The second kappa shape index (κ2) is 5.50. The molecule has 0 amide bonds. The molecule has 0 saturated carbocycles. The molecule has 19 heavy (non-hydrogen) atoms. The molecule has 5 nitrogen and oxygen atoms in total. The Balaban J connectivity index is 1.77. The number of nitrogens with one attached hydrogen (secondary N) is 1. The van der Waals surface area contributed by atoms with E-state index in [1.165, 1.54) is 0 Å². The molecule has 5 heteroatoms. The predicted molar refractivity (Wildman–Crippen MR) is 72.6 cm³/mol. The van der Waals surface area contributed by atoms with Crippen molar-refractivity contribution in [2.24, 2.45) is 0 Å². The van der Waals surface area contributed by atoms with Crippen LogP contribution in [-0.4, -0.2) is 41.0 Å². The van der Waals surface area contributed by atoms with Crippen LogP contribution in [0.3, 0.4) is 0 Å². The highest BCUT2D eigenvalue weighted by Crippen LogP contribution is 2.21. The summed E-state index contributed by atoms with van der Waals surface area (Å²) in [6.45, 7) is 7.08. The van der Waals surface area contributed by atoms with E-state index in [0.29, 0.717) is 5.89 Å². The Bertz CT molecular complexity index is 532. The van der Waals surface area contributed by atoms with Gasteiger partial charge >= 0.3 is 0 Å². The Morgan fingerprint density at radius 2 is 2.00 bits per heavy atom. The molecular weight excluding hydrogens is 240 g/mol. The summed E-state index contributed by atoms with van der Waals surface area (Å²) in [6, 6.07) is 3.83. The number of oxazole rings is 1. The first-order valence-corrected chi connectivity index (χ1v) is 6.63. The average molecular weight is 258 g/mol. The largest absolute Gasteiger partial charge is 0.441 e. The van der Waals surface area contributed by atoms with Gasteiger partial charge in [-0.3, -0.25) is 9.88 Å². The molecule has 0 bridgehead atoms. The smallest absolute Gasteiger partial charge is 0.226 e. The summed E-state index contributed by atoms with van der Waals surface area (Å²) in [7, 11) is 0. The second-order valence-corrected chi connectivity index (χ2v) is 4.78. The topological polar surface area (TPSA) is 54.2 Å². The number of hydrogen-bond acceptors (Lipinski definition) is 5. The third kappa shape index (κ3) is 2.83. The molecule has 0 spiro atoms. The molecule has 3 heterocycles. The lowest BCUT2D eigenvalue weighted by atomic mass is 10.3. The van der Waals surface area contributed by atoms with Crippen molar-refractivity contribution in [2.75, 3.05) is 26.2 Å². The van der Waals surface area contributed by atoms with E-state index in [1.54, 1.807) is 12.4 Å². The van der Waals surface area contributed by atoms with Gasteiger partial charge in [0.2, 0.25) is 5.89 Å². The fraction of sp³-hybridized carbons (Fsp3) is 0.429. The zero-order valence-corrected chi connectivity index (χ0v) is 11.1. The Morgan fingerprint density at radius 3 is 2.74 bits per heavy atom. The fourth-order valence-electron chi connectivity index (χ4n) is 2.27. The molecule has 2 aromatic rings. The van der Waals surface area contributed by atoms with Crippen LogP contribution in [0.1, 0.15) is 11.5 Å². The SMILES string of the molecule is Cc1oc(-c2ccncc2)nc1CN1CCNCC1. The number of aryl methyl sites for hydroxylation is 1. The van der Waals surface area contributed by atoms with Crippen LogP contribution in [0.25, 0.3) is 11.5 Å². The highest BCUT2D eigenvalue weighted by molar-refractivity contribution is 5.52. The van der Waals surface area contributed by atoms with E-state index >= 15 is 0 Å². The van der Waals surface area contributed by atoms with Gasteiger partial charge in [-0.05, 0) is 19.1 Å². The van der Waals surface area contributed by atoms with Crippen molar-refractivity contribution in [2.45, 2.75) is 13.5 Å². The molecule has 0 aliphatic carbocycles. The monoisotopic (exact) mass is 258 g/mol. The highest BCUT2D eigenvalue weighted by Gasteiger charge is 2.16. The van der Waals surface area contributed by atoms with Crippen molar-refractivity contribution in [3.8, 4) is 11.5 Å². The first kappa shape index (κ1) is 12.3. The lowest BCUT2D eigenvalue weighted by molar-refractivity contribution is 0.230. The summed E-state index contributed by atoms with van der Waals surface area (Å²) in [5, 5.41) is 3.35. The predicted octanol–water partition coefficient (Wildman–Crippen LogP) is 1.45.